The number of hydrogen-bond acceptors (Lipinski definition) is 3. The van der Waals surface area contributed by atoms with Crippen molar-refractivity contribution in [1.29, 1.82) is 0 Å². The molecule has 23 heavy (non-hydrogen) atoms. The van der Waals surface area contributed by atoms with Gasteiger partial charge in [0.1, 0.15) is 5.82 Å². The summed E-state index contributed by atoms with van der Waals surface area (Å²) in [4.78, 5) is 29.7. The van der Waals surface area contributed by atoms with E-state index in [0.29, 0.717) is 25.2 Å². The molecular formula is C18H21N3O2. The van der Waals surface area contributed by atoms with E-state index >= 15 is 0 Å². The fraction of sp³-hybridized carbons (Fsp3) is 0.389. The Labute approximate surface area is 136 Å². The number of pyridine rings is 1. The number of carbonyl (C=O) groups excluding carboxylic acids is 2. The van der Waals surface area contributed by atoms with Crippen LogP contribution in [-0.2, 0) is 16.0 Å². The second-order valence-electron chi connectivity index (χ2n) is 5.91. The number of rotatable bonds is 3. The zero-order valence-corrected chi connectivity index (χ0v) is 13.3. The maximum atomic E-state index is 12.2. The normalized spacial score (nSPS) is 17.7. The van der Waals surface area contributed by atoms with Gasteiger partial charge in [0.05, 0.1) is 0 Å². The standard InChI is InChI=1S/C18H21N3O2/c1-2-13-7-9-21(10-8-13)17(23)6-3-14-11-15-4-5-16(22)20-18(15)19-12-14/h3,6-7,11-12H,2,4-5,8-10H2,1H3,(H,19,20,22)/b6-3+. The Morgan fingerprint density at radius 2 is 2.26 bits per heavy atom. The summed E-state index contributed by atoms with van der Waals surface area (Å²) in [7, 11) is 0. The Balaban J connectivity index is 1.65. The molecule has 2 amide bonds. The highest BCUT2D eigenvalue weighted by Crippen LogP contribution is 2.21. The van der Waals surface area contributed by atoms with Crippen LogP contribution < -0.4 is 5.32 Å². The SMILES string of the molecule is CCC1=CCN(C(=O)/C=C/c2cnc3c(c2)CCC(=O)N3)CC1. The Morgan fingerprint density at radius 1 is 1.39 bits per heavy atom. The van der Waals surface area contributed by atoms with Gasteiger partial charge >= 0.3 is 0 Å². The first kappa shape index (κ1) is 15.5. The molecule has 120 valence electrons. The Kier molecular flexibility index (Phi) is 4.55. The number of carbonyl (C=O) groups is 2. The molecule has 0 fully saturated rings. The molecule has 0 radical (unpaired) electrons. The summed E-state index contributed by atoms with van der Waals surface area (Å²) < 4.78 is 0. The summed E-state index contributed by atoms with van der Waals surface area (Å²) in [6, 6.07) is 1.98. The quantitative estimate of drug-likeness (QED) is 0.689. The van der Waals surface area contributed by atoms with Gasteiger partial charge in [0.2, 0.25) is 11.8 Å². The van der Waals surface area contributed by atoms with Gasteiger partial charge in [-0.15, -0.1) is 0 Å². The van der Waals surface area contributed by atoms with Gasteiger partial charge in [0.25, 0.3) is 0 Å². The van der Waals surface area contributed by atoms with Crippen LogP contribution in [0.2, 0.25) is 0 Å². The lowest BCUT2D eigenvalue weighted by Crippen LogP contribution is -2.33. The van der Waals surface area contributed by atoms with Gasteiger partial charge in [-0.05, 0) is 42.5 Å². The highest BCUT2D eigenvalue weighted by molar-refractivity contribution is 5.94. The number of nitrogens with one attached hydrogen (secondary N) is 1. The van der Waals surface area contributed by atoms with Gasteiger partial charge in [-0.25, -0.2) is 4.98 Å². The second kappa shape index (κ2) is 6.77. The van der Waals surface area contributed by atoms with Crippen molar-refractivity contribution < 1.29 is 9.59 Å². The average molecular weight is 311 g/mol. The zero-order chi connectivity index (χ0) is 16.2. The van der Waals surface area contributed by atoms with Gasteiger partial charge < -0.3 is 10.2 Å². The van der Waals surface area contributed by atoms with Crippen molar-refractivity contribution in [3.05, 3.63) is 41.1 Å². The van der Waals surface area contributed by atoms with Gasteiger partial charge in [-0.1, -0.05) is 18.6 Å². The third-order valence-corrected chi connectivity index (χ3v) is 4.35. The monoisotopic (exact) mass is 311 g/mol. The molecule has 5 heteroatoms. The average Bonchev–Trinajstić information content (AvgIpc) is 2.59. The van der Waals surface area contributed by atoms with Crippen molar-refractivity contribution in [3.63, 3.8) is 0 Å². The Morgan fingerprint density at radius 3 is 3.00 bits per heavy atom. The van der Waals surface area contributed by atoms with Crippen LogP contribution in [0.5, 0.6) is 0 Å². The molecule has 0 aromatic carbocycles. The minimum absolute atomic E-state index is 0.00747. The van der Waals surface area contributed by atoms with Crippen LogP contribution >= 0.6 is 0 Å². The van der Waals surface area contributed by atoms with E-state index in [9.17, 15) is 9.59 Å². The van der Waals surface area contributed by atoms with Crippen molar-refractivity contribution in [2.24, 2.45) is 0 Å². The molecule has 2 aliphatic heterocycles. The lowest BCUT2D eigenvalue weighted by atomic mass is 10.0. The summed E-state index contributed by atoms with van der Waals surface area (Å²) in [6.45, 7) is 3.63. The summed E-state index contributed by atoms with van der Waals surface area (Å²) in [5.41, 5.74) is 3.33. The van der Waals surface area contributed by atoms with E-state index in [2.05, 4.69) is 23.3 Å². The first-order chi connectivity index (χ1) is 11.2. The maximum Gasteiger partial charge on any atom is 0.246 e. The summed E-state index contributed by atoms with van der Waals surface area (Å²) in [5.74, 6) is 0.675. The molecular weight excluding hydrogens is 290 g/mol. The lowest BCUT2D eigenvalue weighted by molar-refractivity contribution is -0.125. The van der Waals surface area contributed by atoms with Crippen molar-refractivity contribution in [1.82, 2.24) is 9.88 Å². The summed E-state index contributed by atoms with van der Waals surface area (Å²) in [5, 5.41) is 2.76. The molecule has 5 nitrogen and oxygen atoms in total. The largest absolute Gasteiger partial charge is 0.335 e. The molecule has 3 rings (SSSR count). The Bertz CT molecular complexity index is 692. The van der Waals surface area contributed by atoms with Crippen LogP contribution in [0.15, 0.2) is 30.0 Å². The molecule has 0 bridgehead atoms. The van der Waals surface area contributed by atoms with E-state index in [1.807, 2.05) is 11.0 Å². The molecule has 1 aromatic heterocycles. The van der Waals surface area contributed by atoms with Crippen LogP contribution in [0.3, 0.4) is 0 Å². The third kappa shape index (κ3) is 3.67. The topological polar surface area (TPSA) is 62.3 Å². The highest BCUT2D eigenvalue weighted by atomic mass is 16.2. The van der Waals surface area contributed by atoms with E-state index in [-0.39, 0.29) is 11.8 Å². The highest BCUT2D eigenvalue weighted by Gasteiger charge is 2.16. The second-order valence-corrected chi connectivity index (χ2v) is 5.91. The first-order valence-electron chi connectivity index (χ1n) is 8.09. The van der Waals surface area contributed by atoms with Crippen LogP contribution in [0, 0.1) is 0 Å². The number of fused-ring (bicyclic) bond motifs is 1. The molecule has 0 aliphatic carbocycles. The number of amides is 2. The fourth-order valence-corrected chi connectivity index (χ4v) is 2.87. The van der Waals surface area contributed by atoms with E-state index in [0.717, 1.165) is 30.5 Å². The van der Waals surface area contributed by atoms with Gasteiger partial charge in [0.15, 0.2) is 0 Å². The third-order valence-electron chi connectivity index (χ3n) is 4.35. The van der Waals surface area contributed by atoms with Crippen LogP contribution in [0.4, 0.5) is 5.82 Å². The van der Waals surface area contributed by atoms with Crippen molar-refractivity contribution >= 4 is 23.7 Å². The molecule has 1 N–H and O–H groups in total. The van der Waals surface area contributed by atoms with E-state index in [1.54, 1.807) is 18.3 Å². The van der Waals surface area contributed by atoms with Gasteiger partial charge in [-0.3, -0.25) is 9.59 Å². The first-order valence-corrected chi connectivity index (χ1v) is 8.09. The predicted molar refractivity (Wildman–Crippen MR) is 89.8 cm³/mol. The maximum absolute atomic E-state index is 12.2. The van der Waals surface area contributed by atoms with Gasteiger partial charge in [0, 0.05) is 31.8 Å². The van der Waals surface area contributed by atoms with Crippen molar-refractivity contribution in [2.45, 2.75) is 32.6 Å². The van der Waals surface area contributed by atoms with E-state index < -0.39 is 0 Å². The summed E-state index contributed by atoms with van der Waals surface area (Å²) in [6.07, 6.45) is 10.4. The van der Waals surface area contributed by atoms with Crippen molar-refractivity contribution in [3.8, 4) is 0 Å². The van der Waals surface area contributed by atoms with Gasteiger partial charge in [-0.2, -0.15) is 0 Å². The molecule has 1 aromatic rings. The lowest BCUT2D eigenvalue weighted by Gasteiger charge is -2.25. The number of hydrogen-bond donors (Lipinski definition) is 1. The Hall–Kier alpha value is -2.43. The molecule has 3 heterocycles. The number of anilines is 1. The van der Waals surface area contributed by atoms with Crippen LogP contribution in [0.25, 0.3) is 6.08 Å². The molecule has 0 saturated heterocycles. The molecule has 0 atom stereocenters. The smallest absolute Gasteiger partial charge is 0.246 e. The zero-order valence-electron chi connectivity index (χ0n) is 13.3. The molecule has 2 aliphatic rings. The molecule has 0 spiro atoms. The summed E-state index contributed by atoms with van der Waals surface area (Å²) >= 11 is 0. The van der Waals surface area contributed by atoms with E-state index in [1.165, 1.54) is 5.57 Å². The van der Waals surface area contributed by atoms with E-state index in [4.69, 9.17) is 0 Å². The molecule has 0 unspecified atom stereocenters. The number of aryl methyl sites for hydroxylation is 1. The molecule has 0 saturated carbocycles. The number of nitrogens with zero attached hydrogens (tertiary/aromatic N) is 2. The van der Waals surface area contributed by atoms with Crippen LogP contribution in [0.1, 0.15) is 37.3 Å². The minimum atomic E-state index is 0.00747. The fourth-order valence-electron chi connectivity index (χ4n) is 2.87. The minimum Gasteiger partial charge on any atom is -0.335 e. The number of aromatic nitrogens is 1. The van der Waals surface area contributed by atoms with Crippen LogP contribution in [-0.4, -0.2) is 34.8 Å². The van der Waals surface area contributed by atoms with Crippen molar-refractivity contribution in [2.75, 3.05) is 18.4 Å². The predicted octanol–water partition coefficient (Wildman–Crippen LogP) is 2.55.